The van der Waals surface area contributed by atoms with E-state index in [2.05, 4.69) is 31.6 Å². The van der Waals surface area contributed by atoms with Gasteiger partial charge in [-0.3, -0.25) is 9.78 Å². The summed E-state index contributed by atoms with van der Waals surface area (Å²) in [5, 5.41) is 5.91. The number of benzene rings is 1. The van der Waals surface area contributed by atoms with E-state index in [1.807, 2.05) is 24.4 Å². The highest BCUT2D eigenvalue weighted by atomic mass is 19.4. The molecule has 1 fully saturated rings. The molecular weight excluding hydrogens is 443 g/mol. The lowest BCUT2D eigenvalue weighted by Gasteiger charge is -2.21. The zero-order valence-electron chi connectivity index (χ0n) is 18.2. The molecule has 0 saturated carbocycles. The zero-order chi connectivity index (χ0) is 23.7. The van der Waals surface area contributed by atoms with E-state index in [4.69, 9.17) is 0 Å². The average Bonchev–Trinajstić information content (AvgIpc) is 3.38. The Morgan fingerprint density at radius 1 is 1.00 bits per heavy atom. The van der Waals surface area contributed by atoms with Gasteiger partial charge in [-0.1, -0.05) is 12.1 Å². The number of aromatic nitrogens is 2. The third kappa shape index (κ3) is 4.46. The highest BCUT2D eigenvalue weighted by Gasteiger charge is 2.32. The van der Waals surface area contributed by atoms with Crippen molar-refractivity contribution in [2.24, 2.45) is 0 Å². The molecule has 0 atom stereocenters. The van der Waals surface area contributed by atoms with Crippen LogP contribution in [-0.4, -0.2) is 35.5 Å². The number of nitrogens with zero attached hydrogens (tertiary/aromatic N) is 3. The zero-order valence-corrected chi connectivity index (χ0v) is 18.2. The summed E-state index contributed by atoms with van der Waals surface area (Å²) < 4.78 is 38.3. The van der Waals surface area contributed by atoms with Gasteiger partial charge in [0.15, 0.2) is 0 Å². The molecule has 1 saturated heterocycles. The molecule has 3 aromatic rings. The average molecular weight is 465 g/mol. The number of alkyl halides is 3. The first-order valence-corrected chi connectivity index (χ1v) is 11.0. The second-order valence-corrected chi connectivity index (χ2v) is 8.27. The molecule has 0 spiro atoms. The summed E-state index contributed by atoms with van der Waals surface area (Å²) in [5.41, 5.74) is 4.10. The van der Waals surface area contributed by atoms with Crippen LogP contribution in [0.5, 0.6) is 0 Å². The van der Waals surface area contributed by atoms with E-state index >= 15 is 0 Å². The number of halogens is 3. The van der Waals surface area contributed by atoms with Gasteiger partial charge < -0.3 is 15.5 Å². The lowest BCUT2D eigenvalue weighted by molar-refractivity contribution is -0.141. The van der Waals surface area contributed by atoms with Crippen LogP contribution >= 0.6 is 0 Å². The highest BCUT2D eigenvalue weighted by molar-refractivity contribution is 6.27. The lowest BCUT2D eigenvalue weighted by Crippen LogP contribution is -2.19. The molecule has 2 aliphatic rings. The van der Waals surface area contributed by atoms with Crippen LogP contribution in [0.15, 0.2) is 61.1 Å². The second kappa shape index (κ2) is 8.81. The summed E-state index contributed by atoms with van der Waals surface area (Å²) in [6.07, 6.45) is 4.25. The fourth-order valence-electron chi connectivity index (χ4n) is 4.26. The molecule has 2 aromatic heterocycles. The van der Waals surface area contributed by atoms with E-state index < -0.39 is 17.8 Å². The largest absolute Gasteiger partial charge is 0.433 e. The fourth-order valence-corrected chi connectivity index (χ4v) is 4.26. The normalized spacial score (nSPS) is 15.4. The van der Waals surface area contributed by atoms with Crippen molar-refractivity contribution in [1.29, 1.82) is 0 Å². The summed E-state index contributed by atoms with van der Waals surface area (Å²) >= 11 is 0. The van der Waals surface area contributed by atoms with E-state index in [-0.39, 0.29) is 5.69 Å². The van der Waals surface area contributed by atoms with E-state index in [1.165, 1.54) is 18.9 Å². The van der Waals surface area contributed by atoms with Gasteiger partial charge in [0.05, 0.1) is 23.8 Å². The Labute approximate surface area is 194 Å². The topological polar surface area (TPSA) is 70.1 Å². The van der Waals surface area contributed by atoms with Gasteiger partial charge in [0.1, 0.15) is 5.69 Å². The molecule has 5 rings (SSSR count). The first kappa shape index (κ1) is 21.9. The van der Waals surface area contributed by atoms with E-state index in [0.29, 0.717) is 17.7 Å². The van der Waals surface area contributed by atoms with Crippen molar-refractivity contribution < 1.29 is 18.0 Å². The Balaban J connectivity index is 1.40. The monoisotopic (exact) mass is 465 g/mol. The predicted molar refractivity (Wildman–Crippen MR) is 125 cm³/mol. The van der Waals surface area contributed by atoms with Crippen molar-refractivity contribution >= 4 is 28.5 Å². The highest BCUT2D eigenvalue weighted by Crippen LogP contribution is 2.34. The first-order valence-electron chi connectivity index (χ1n) is 11.0. The molecule has 0 aliphatic carbocycles. The van der Waals surface area contributed by atoms with Crippen molar-refractivity contribution in [2.45, 2.75) is 19.0 Å². The van der Waals surface area contributed by atoms with Crippen LogP contribution in [0.1, 0.15) is 24.1 Å². The summed E-state index contributed by atoms with van der Waals surface area (Å²) in [7, 11) is 0. The van der Waals surface area contributed by atoms with Crippen molar-refractivity contribution in [1.82, 2.24) is 9.97 Å². The maximum absolute atomic E-state index is 13.0. The Bertz CT molecular complexity index is 1250. The molecule has 0 unspecified atom stereocenters. The summed E-state index contributed by atoms with van der Waals surface area (Å²) in [4.78, 5) is 23.1. The van der Waals surface area contributed by atoms with Gasteiger partial charge >= 0.3 is 6.18 Å². The van der Waals surface area contributed by atoms with Gasteiger partial charge in [0, 0.05) is 48.2 Å². The molecular formula is C25H22F3N5O. The molecule has 6 nitrogen and oxygen atoms in total. The van der Waals surface area contributed by atoms with E-state index in [0.717, 1.165) is 47.9 Å². The number of pyridine rings is 2. The fraction of sp³-hybridized carbons (Fsp3) is 0.240. The first-order chi connectivity index (χ1) is 16.4. The van der Waals surface area contributed by atoms with Crippen molar-refractivity contribution in [2.75, 3.05) is 35.2 Å². The third-order valence-electron chi connectivity index (χ3n) is 5.99. The molecule has 2 aliphatic heterocycles. The summed E-state index contributed by atoms with van der Waals surface area (Å²) in [6.45, 7) is 2.50. The Hall–Kier alpha value is -3.88. The number of anilines is 3. The molecule has 2 N–H and O–H groups in total. The molecule has 0 bridgehead atoms. The quantitative estimate of drug-likeness (QED) is 0.554. The standard InChI is InChI=1S/C25H22F3N5O/c26-25(27,28)23-6-4-18(14-31-23)32-24(34)20-7-8-30-22-5-3-16(12-21(20)22)17-11-19(15-29-13-17)33-9-1-2-10-33/h3-7,11-15,30H,1-2,8-10H2,(H,32,34). The molecule has 34 heavy (non-hydrogen) atoms. The maximum atomic E-state index is 13.0. The number of rotatable bonds is 4. The lowest BCUT2D eigenvalue weighted by atomic mass is 9.95. The molecule has 1 aromatic carbocycles. The van der Waals surface area contributed by atoms with Gasteiger partial charge in [-0.25, -0.2) is 4.98 Å². The number of hydrogen-bond acceptors (Lipinski definition) is 5. The number of carbonyl (C=O) groups excluding carboxylic acids is 1. The number of fused-ring (bicyclic) bond motifs is 1. The third-order valence-corrected chi connectivity index (χ3v) is 5.99. The predicted octanol–water partition coefficient (Wildman–Crippen LogP) is 5.21. The minimum Gasteiger partial charge on any atom is -0.381 e. The number of nitrogens with one attached hydrogen (secondary N) is 2. The molecule has 174 valence electrons. The van der Waals surface area contributed by atoms with Crippen LogP contribution in [0.2, 0.25) is 0 Å². The van der Waals surface area contributed by atoms with Gasteiger partial charge in [-0.15, -0.1) is 0 Å². The number of hydrogen-bond donors (Lipinski definition) is 2. The van der Waals surface area contributed by atoms with Crippen LogP contribution in [0.3, 0.4) is 0 Å². The van der Waals surface area contributed by atoms with Crippen molar-refractivity contribution in [3.05, 3.63) is 72.3 Å². The van der Waals surface area contributed by atoms with Gasteiger partial charge in [-0.05, 0) is 48.7 Å². The molecule has 9 heteroatoms. The summed E-state index contributed by atoms with van der Waals surface area (Å²) in [5.74, 6) is -0.412. The number of carbonyl (C=O) groups is 1. The van der Waals surface area contributed by atoms with Crippen molar-refractivity contribution in [3.63, 3.8) is 0 Å². The summed E-state index contributed by atoms with van der Waals surface area (Å²) in [6, 6.07) is 9.99. The molecule has 4 heterocycles. The van der Waals surface area contributed by atoms with E-state index in [9.17, 15) is 18.0 Å². The maximum Gasteiger partial charge on any atom is 0.433 e. The van der Waals surface area contributed by atoms with Crippen molar-refractivity contribution in [3.8, 4) is 11.1 Å². The van der Waals surface area contributed by atoms with E-state index in [1.54, 1.807) is 12.3 Å². The van der Waals surface area contributed by atoms with Crippen LogP contribution in [0.25, 0.3) is 16.7 Å². The second-order valence-electron chi connectivity index (χ2n) is 8.27. The van der Waals surface area contributed by atoms with Crippen LogP contribution in [0.4, 0.5) is 30.2 Å². The minimum absolute atomic E-state index is 0.192. The van der Waals surface area contributed by atoms with Gasteiger partial charge in [0.2, 0.25) is 0 Å². The Kier molecular flexibility index (Phi) is 5.69. The molecule has 0 radical (unpaired) electrons. The van der Waals surface area contributed by atoms with Crippen LogP contribution in [-0.2, 0) is 11.0 Å². The molecule has 1 amide bonds. The smallest absolute Gasteiger partial charge is 0.381 e. The van der Waals surface area contributed by atoms with Gasteiger partial charge in [-0.2, -0.15) is 13.2 Å². The van der Waals surface area contributed by atoms with Gasteiger partial charge in [0.25, 0.3) is 5.91 Å². The van der Waals surface area contributed by atoms with Crippen LogP contribution in [0, 0.1) is 0 Å². The number of amides is 1. The Morgan fingerprint density at radius 3 is 2.56 bits per heavy atom. The van der Waals surface area contributed by atoms with Crippen LogP contribution < -0.4 is 15.5 Å². The SMILES string of the molecule is O=C(Nc1ccc(C(F)(F)F)nc1)C1=CCNc2ccc(-c3cncc(N4CCCC4)c3)cc21. The minimum atomic E-state index is -4.53. The Morgan fingerprint density at radius 2 is 1.82 bits per heavy atom.